The number of nitrogens with zero attached hydrogens (tertiary/aromatic N) is 1. The monoisotopic (exact) mass is 361 g/mol. The molecule has 0 unspecified atom stereocenters. The summed E-state index contributed by atoms with van der Waals surface area (Å²) in [7, 11) is 4.33. The summed E-state index contributed by atoms with van der Waals surface area (Å²) in [4.78, 5) is 4.60. The average molecular weight is 362 g/mol. The maximum atomic E-state index is 5.69. The van der Waals surface area contributed by atoms with Gasteiger partial charge < -0.3 is 13.3 Å². The first kappa shape index (κ1) is 17.3. The Hall–Kier alpha value is -0.0931. The molecule has 2 aromatic rings. The maximum absolute atomic E-state index is 5.69. The summed E-state index contributed by atoms with van der Waals surface area (Å²) in [6.07, 6.45) is 0. The largest absolute Gasteiger partial charge is 0.501 e. The van der Waals surface area contributed by atoms with Gasteiger partial charge in [-0.2, -0.15) is 0 Å². The molecule has 4 nitrogen and oxygen atoms in total. The van der Waals surface area contributed by atoms with Crippen LogP contribution in [0.3, 0.4) is 0 Å². The van der Waals surface area contributed by atoms with Gasteiger partial charge in [-0.3, -0.25) is 0 Å². The lowest BCUT2D eigenvalue weighted by Crippen LogP contribution is -2.44. The number of rotatable bonds is 9. The highest BCUT2D eigenvalue weighted by Gasteiger charge is 2.38. The molecule has 21 heavy (non-hydrogen) atoms. The minimum atomic E-state index is -2.46. The summed E-state index contributed by atoms with van der Waals surface area (Å²) in [5.41, 5.74) is 1.07. The molecule has 0 aliphatic rings. The van der Waals surface area contributed by atoms with Gasteiger partial charge in [0, 0.05) is 32.6 Å². The smallest absolute Gasteiger partial charge is 0.377 e. The lowest BCUT2D eigenvalue weighted by atomic mass is 10.3. The Morgan fingerprint density at radius 3 is 2.67 bits per heavy atom. The normalized spacial score (nSPS) is 12.1. The molecule has 0 aliphatic carbocycles. The minimum Gasteiger partial charge on any atom is -0.377 e. The summed E-state index contributed by atoms with van der Waals surface area (Å²) in [6.45, 7) is 2.58. The molecule has 1 aromatic carbocycles. The van der Waals surface area contributed by atoms with Crippen molar-refractivity contribution in [3.05, 3.63) is 24.3 Å². The van der Waals surface area contributed by atoms with E-state index in [0.717, 1.165) is 21.7 Å². The van der Waals surface area contributed by atoms with Crippen LogP contribution in [-0.2, 0) is 13.3 Å². The van der Waals surface area contributed by atoms with Crippen LogP contribution in [0.5, 0.6) is 0 Å². The highest BCUT2D eigenvalue weighted by molar-refractivity contribution is 8.77. The first-order valence-corrected chi connectivity index (χ1v) is 11.7. The van der Waals surface area contributed by atoms with E-state index in [-0.39, 0.29) is 0 Å². The SMILES string of the molecule is CCO[Si](CCSSc1nc2ccccc2s1)(OC)OC. The van der Waals surface area contributed by atoms with Crippen LogP contribution in [0.25, 0.3) is 10.2 Å². The van der Waals surface area contributed by atoms with Gasteiger partial charge in [0.25, 0.3) is 0 Å². The van der Waals surface area contributed by atoms with E-state index in [0.29, 0.717) is 6.61 Å². The van der Waals surface area contributed by atoms with Crippen molar-refractivity contribution in [3.63, 3.8) is 0 Å². The standard InChI is InChI=1S/C13H19NO3S3Si/c1-4-17-21(15-2,16-3)10-9-18-20-13-14-11-7-5-6-8-12(11)19-13/h5-8H,4,9-10H2,1-3H3. The van der Waals surface area contributed by atoms with E-state index >= 15 is 0 Å². The Labute approximate surface area is 138 Å². The van der Waals surface area contributed by atoms with Gasteiger partial charge in [-0.05, 0) is 29.9 Å². The van der Waals surface area contributed by atoms with Crippen molar-refractivity contribution in [2.45, 2.75) is 17.3 Å². The molecule has 0 spiro atoms. The number of fused-ring (bicyclic) bond motifs is 1. The molecule has 0 aliphatic heterocycles. The van der Waals surface area contributed by atoms with E-state index in [1.807, 2.05) is 25.1 Å². The summed E-state index contributed by atoms with van der Waals surface area (Å²) < 4.78 is 19.0. The van der Waals surface area contributed by atoms with Crippen LogP contribution < -0.4 is 0 Å². The van der Waals surface area contributed by atoms with Crippen molar-refractivity contribution in [3.8, 4) is 0 Å². The molecule has 0 saturated carbocycles. The third-order valence-electron chi connectivity index (χ3n) is 2.88. The van der Waals surface area contributed by atoms with Crippen molar-refractivity contribution in [1.29, 1.82) is 0 Å². The predicted molar refractivity (Wildman–Crippen MR) is 94.1 cm³/mol. The fraction of sp³-hybridized carbons (Fsp3) is 0.462. The molecule has 0 saturated heterocycles. The predicted octanol–water partition coefficient (Wildman–Crippen LogP) is 4.30. The van der Waals surface area contributed by atoms with Gasteiger partial charge in [0.1, 0.15) is 0 Å². The van der Waals surface area contributed by atoms with Gasteiger partial charge in [-0.25, -0.2) is 4.98 Å². The van der Waals surface area contributed by atoms with Crippen LogP contribution in [-0.4, -0.2) is 40.4 Å². The van der Waals surface area contributed by atoms with Crippen LogP contribution in [0.4, 0.5) is 0 Å². The van der Waals surface area contributed by atoms with Gasteiger partial charge >= 0.3 is 8.80 Å². The molecule has 1 aromatic heterocycles. The van der Waals surface area contributed by atoms with E-state index in [9.17, 15) is 0 Å². The maximum Gasteiger partial charge on any atom is 0.501 e. The van der Waals surface area contributed by atoms with Crippen molar-refractivity contribution in [2.75, 3.05) is 26.6 Å². The molecule has 0 bridgehead atoms. The number of para-hydroxylation sites is 1. The van der Waals surface area contributed by atoms with Gasteiger partial charge in [-0.1, -0.05) is 22.9 Å². The second-order valence-electron chi connectivity index (χ2n) is 4.13. The topological polar surface area (TPSA) is 40.6 Å². The Balaban J connectivity index is 1.83. The van der Waals surface area contributed by atoms with Crippen molar-refractivity contribution in [1.82, 2.24) is 4.98 Å². The van der Waals surface area contributed by atoms with E-state index in [1.165, 1.54) is 4.70 Å². The Morgan fingerprint density at radius 1 is 1.24 bits per heavy atom. The van der Waals surface area contributed by atoms with Gasteiger partial charge in [0.15, 0.2) is 4.34 Å². The Morgan fingerprint density at radius 2 is 2.00 bits per heavy atom. The molecule has 2 rings (SSSR count). The Kier molecular flexibility index (Phi) is 7.00. The van der Waals surface area contributed by atoms with Crippen LogP contribution in [0.1, 0.15) is 6.92 Å². The summed E-state index contributed by atoms with van der Waals surface area (Å²) in [5, 5.41) is 0. The fourth-order valence-corrected chi connectivity index (χ4v) is 8.15. The number of hydrogen-bond donors (Lipinski definition) is 0. The van der Waals surface area contributed by atoms with Crippen molar-refractivity contribution >= 4 is 51.9 Å². The third kappa shape index (κ3) is 4.69. The minimum absolute atomic E-state index is 0.615. The first-order chi connectivity index (χ1) is 10.2. The number of aromatic nitrogens is 1. The summed E-state index contributed by atoms with van der Waals surface area (Å²) in [6, 6.07) is 9.01. The van der Waals surface area contributed by atoms with Crippen LogP contribution in [0.2, 0.25) is 6.04 Å². The average Bonchev–Trinajstić information content (AvgIpc) is 2.93. The van der Waals surface area contributed by atoms with Crippen molar-refractivity contribution in [2.24, 2.45) is 0 Å². The van der Waals surface area contributed by atoms with Gasteiger partial charge in [-0.15, -0.1) is 11.3 Å². The lowest BCUT2D eigenvalue weighted by molar-refractivity contribution is 0.106. The highest BCUT2D eigenvalue weighted by atomic mass is 33.1. The first-order valence-electron chi connectivity index (χ1n) is 6.62. The number of hydrogen-bond acceptors (Lipinski definition) is 7. The van der Waals surface area contributed by atoms with Crippen LogP contribution in [0.15, 0.2) is 28.6 Å². The molecule has 0 atom stereocenters. The zero-order valence-electron chi connectivity index (χ0n) is 12.3. The van der Waals surface area contributed by atoms with E-state index < -0.39 is 8.80 Å². The number of benzene rings is 1. The fourth-order valence-electron chi connectivity index (χ4n) is 1.84. The van der Waals surface area contributed by atoms with Gasteiger partial charge in [0.05, 0.1) is 10.2 Å². The highest BCUT2D eigenvalue weighted by Crippen LogP contribution is 2.37. The number of thiazole rings is 1. The third-order valence-corrected chi connectivity index (χ3v) is 9.78. The molecule has 0 radical (unpaired) electrons. The molecular formula is C13H19NO3S3Si. The lowest BCUT2D eigenvalue weighted by Gasteiger charge is -2.25. The van der Waals surface area contributed by atoms with E-state index in [1.54, 1.807) is 47.1 Å². The van der Waals surface area contributed by atoms with Crippen molar-refractivity contribution < 1.29 is 13.3 Å². The van der Waals surface area contributed by atoms with Crippen LogP contribution >= 0.6 is 32.9 Å². The molecule has 1 heterocycles. The second-order valence-corrected chi connectivity index (χ2v) is 10.8. The molecular weight excluding hydrogens is 342 g/mol. The Bertz CT molecular complexity index is 529. The zero-order chi connectivity index (χ0) is 15.1. The van der Waals surface area contributed by atoms with Gasteiger partial charge in [0.2, 0.25) is 0 Å². The molecule has 0 fully saturated rings. The van der Waals surface area contributed by atoms with E-state index in [4.69, 9.17) is 13.3 Å². The summed E-state index contributed by atoms with van der Waals surface area (Å²) >= 11 is 1.73. The zero-order valence-corrected chi connectivity index (χ0v) is 15.8. The molecule has 8 heteroatoms. The quantitative estimate of drug-likeness (QED) is 0.377. The van der Waals surface area contributed by atoms with Crippen LogP contribution in [0, 0.1) is 0 Å². The molecule has 0 amide bonds. The molecule has 0 N–H and O–H groups in total. The second kappa shape index (κ2) is 8.52. The molecule has 116 valence electrons. The summed E-state index contributed by atoms with van der Waals surface area (Å²) in [5.74, 6) is 0.911. The van der Waals surface area contributed by atoms with E-state index in [2.05, 4.69) is 11.1 Å².